The van der Waals surface area contributed by atoms with E-state index in [0.29, 0.717) is 13.0 Å². The second kappa shape index (κ2) is 6.41. The molecular weight excluding hydrogens is 258 g/mol. The minimum atomic E-state index is -1.10. The summed E-state index contributed by atoms with van der Waals surface area (Å²) in [5.74, 6) is -1.57. The molecule has 0 saturated carbocycles. The first-order valence-corrected chi connectivity index (χ1v) is 6.72. The fourth-order valence-corrected chi connectivity index (χ4v) is 2.48. The number of carbonyl (C=O) groups excluding carboxylic acids is 2. The third-order valence-electron chi connectivity index (χ3n) is 3.46. The van der Waals surface area contributed by atoms with Gasteiger partial charge in [-0.3, -0.25) is 0 Å². The van der Waals surface area contributed by atoms with Gasteiger partial charge in [0.2, 0.25) is 0 Å². The second-order valence-electron chi connectivity index (χ2n) is 5.30. The average molecular weight is 276 g/mol. The summed E-state index contributed by atoms with van der Waals surface area (Å²) in [4.78, 5) is 24.4. The largest absolute Gasteiger partial charge is 0.550 e. The van der Waals surface area contributed by atoms with Crippen molar-refractivity contribution in [1.29, 1.82) is 0 Å². The SMILES string of the molecule is C[C@@H]1C[C@H](C(=O)[O-])CN(C(=O)OCc2ccccc2)C1. The molecule has 1 saturated heterocycles. The van der Waals surface area contributed by atoms with Crippen LogP contribution in [0.15, 0.2) is 30.3 Å². The number of hydrogen-bond donors (Lipinski definition) is 0. The Morgan fingerprint density at radius 1 is 1.30 bits per heavy atom. The van der Waals surface area contributed by atoms with Gasteiger partial charge in [-0.05, 0) is 17.9 Å². The van der Waals surface area contributed by atoms with Crippen molar-refractivity contribution in [2.24, 2.45) is 11.8 Å². The number of hydrogen-bond acceptors (Lipinski definition) is 4. The first kappa shape index (κ1) is 14.4. The van der Waals surface area contributed by atoms with E-state index in [0.717, 1.165) is 5.56 Å². The molecule has 2 atom stereocenters. The molecule has 0 N–H and O–H groups in total. The van der Waals surface area contributed by atoms with Crippen molar-refractivity contribution in [3.63, 3.8) is 0 Å². The van der Waals surface area contributed by atoms with Gasteiger partial charge in [0.1, 0.15) is 6.61 Å². The van der Waals surface area contributed by atoms with Crippen LogP contribution in [0.2, 0.25) is 0 Å². The zero-order chi connectivity index (χ0) is 14.5. The van der Waals surface area contributed by atoms with E-state index in [1.165, 1.54) is 4.90 Å². The average Bonchev–Trinajstić information content (AvgIpc) is 2.45. The minimum absolute atomic E-state index is 0.135. The van der Waals surface area contributed by atoms with Gasteiger partial charge in [-0.15, -0.1) is 0 Å². The lowest BCUT2D eigenvalue weighted by molar-refractivity contribution is -0.313. The maximum Gasteiger partial charge on any atom is 0.410 e. The number of piperidine rings is 1. The zero-order valence-electron chi connectivity index (χ0n) is 11.5. The van der Waals surface area contributed by atoms with Crippen molar-refractivity contribution < 1.29 is 19.4 Å². The van der Waals surface area contributed by atoms with Gasteiger partial charge in [-0.1, -0.05) is 37.3 Å². The molecule has 5 nitrogen and oxygen atoms in total. The molecule has 1 fully saturated rings. The summed E-state index contributed by atoms with van der Waals surface area (Å²) < 4.78 is 5.22. The number of likely N-dealkylation sites (tertiary alicyclic amines) is 1. The minimum Gasteiger partial charge on any atom is -0.550 e. The molecule has 1 amide bonds. The highest BCUT2D eigenvalue weighted by Gasteiger charge is 2.29. The molecule has 1 aliphatic heterocycles. The molecule has 0 aliphatic carbocycles. The van der Waals surface area contributed by atoms with Gasteiger partial charge in [0.15, 0.2) is 0 Å². The number of ether oxygens (including phenoxy) is 1. The van der Waals surface area contributed by atoms with Gasteiger partial charge < -0.3 is 19.5 Å². The van der Waals surface area contributed by atoms with Crippen molar-refractivity contribution in [3.8, 4) is 0 Å². The van der Waals surface area contributed by atoms with Crippen LogP contribution in [0, 0.1) is 11.8 Å². The van der Waals surface area contributed by atoms with E-state index in [-0.39, 0.29) is 19.1 Å². The Bertz CT molecular complexity index is 474. The zero-order valence-corrected chi connectivity index (χ0v) is 11.5. The smallest absolute Gasteiger partial charge is 0.410 e. The summed E-state index contributed by atoms with van der Waals surface area (Å²) in [5.41, 5.74) is 0.905. The standard InChI is InChI=1S/C15H19NO4/c1-11-7-13(14(17)18)9-16(8-11)15(19)20-10-12-5-3-2-4-6-12/h2-6,11,13H,7-10H2,1H3,(H,17,18)/p-1/t11-,13+/m1/s1. The Balaban J connectivity index is 1.90. The van der Waals surface area contributed by atoms with Gasteiger partial charge in [-0.2, -0.15) is 0 Å². The van der Waals surface area contributed by atoms with Crippen LogP contribution in [0.3, 0.4) is 0 Å². The molecule has 0 bridgehead atoms. The van der Waals surface area contributed by atoms with Crippen LogP contribution in [0.4, 0.5) is 4.79 Å². The third kappa shape index (κ3) is 3.73. The summed E-state index contributed by atoms with van der Waals surface area (Å²) in [5, 5.41) is 11.0. The van der Waals surface area contributed by atoms with E-state index < -0.39 is 18.0 Å². The summed E-state index contributed by atoms with van der Waals surface area (Å²) in [6.45, 7) is 2.81. The van der Waals surface area contributed by atoms with Crippen molar-refractivity contribution in [2.45, 2.75) is 20.0 Å². The number of carboxylic acid groups (broad SMARTS) is 1. The number of carboxylic acids is 1. The molecule has 0 radical (unpaired) electrons. The van der Waals surface area contributed by atoms with Gasteiger partial charge in [0.05, 0.1) is 0 Å². The highest BCUT2D eigenvalue weighted by molar-refractivity contribution is 5.72. The molecule has 0 unspecified atom stereocenters. The van der Waals surface area contributed by atoms with Crippen molar-refractivity contribution >= 4 is 12.1 Å². The van der Waals surface area contributed by atoms with Gasteiger partial charge >= 0.3 is 6.09 Å². The summed E-state index contributed by atoms with van der Waals surface area (Å²) in [7, 11) is 0. The topological polar surface area (TPSA) is 69.7 Å². The van der Waals surface area contributed by atoms with E-state index in [1.54, 1.807) is 0 Å². The number of benzene rings is 1. The highest BCUT2D eigenvalue weighted by atomic mass is 16.6. The molecule has 0 spiro atoms. The molecule has 1 aromatic carbocycles. The van der Waals surface area contributed by atoms with E-state index in [2.05, 4.69) is 0 Å². The maximum atomic E-state index is 12.0. The monoisotopic (exact) mass is 276 g/mol. The Labute approximate surface area is 118 Å². The summed E-state index contributed by atoms with van der Waals surface area (Å²) in [6, 6.07) is 9.38. The van der Waals surface area contributed by atoms with E-state index >= 15 is 0 Å². The summed E-state index contributed by atoms with van der Waals surface area (Å²) in [6.07, 6.45) is 0.0804. The number of amides is 1. The fraction of sp³-hybridized carbons (Fsp3) is 0.467. The van der Waals surface area contributed by atoms with Crippen LogP contribution >= 0.6 is 0 Å². The van der Waals surface area contributed by atoms with Crippen molar-refractivity contribution in [1.82, 2.24) is 4.90 Å². The normalized spacial score (nSPS) is 22.4. The molecule has 1 aliphatic rings. The van der Waals surface area contributed by atoms with E-state index in [9.17, 15) is 14.7 Å². The molecule has 0 aromatic heterocycles. The number of aliphatic carboxylic acids is 1. The van der Waals surface area contributed by atoms with Crippen molar-refractivity contribution in [2.75, 3.05) is 13.1 Å². The lowest BCUT2D eigenvalue weighted by Crippen LogP contribution is -2.48. The van der Waals surface area contributed by atoms with Gasteiger partial charge in [0.25, 0.3) is 0 Å². The van der Waals surface area contributed by atoms with Crippen LogP contribution in [-0.4, -0.2) is 30.1 Å². The second-order valence-corrected chi connectivity index (χ2v) is 5.30. The predicted molar refractivity (Wildman–Crippen MR) is 70.5 cm³/mol. The lowest BCUT2D eigenvalue weighted by atomic mass is 9.91. The maximum absolute atomic E-state index is 12.0. The number of carbonyl (C=O) groups is 2. The third-order valence-corrected chi connectivity index (χ3v) is 3.46. The summed E-state index contributed by atoms with van der Waals surface area (Å²) >= 11 is 0. The predicted octanol–water partition coefficient (Wildman–Crippen LogP) is 1.03. The fourth-order valence-electron chi connectivity index (χ4n) is 2.48. The van der Waals surface area contributed by atoms with Gasteiger partial charge in [0, 0.05) is 25.0 Å². The lowest BCUT2D eigenvalue weighted by Gasteiger charge is -2.36. The Hall–Kier alpha value is -2.04. The van der Waals surface area contributed by atoms with Crippen molar-refractivity contribution in [3.05, 3.63) is 35.9 Å². The van der Waals surface area contributed by atoms with Crippen LogP contribution in [0.5, 0.6) is 0 Å². The molecule has 1 aromatic rings. The quantitative estimate of drug-likeness (QED) is 0.827. The first-order chi connectivity index (χ1) is 9.56. The van der Waals surface area contributed by atoms with Crippen LogP contribution in [0.1, 0.15) is 18.9 Å². The molecule has 1 heterocycles. The molecule has 20 heavy (non-hydrogen) atoms. The number of nitrogens with zero attached hydrogens (tertiary/aromatic N) is 1. The van der Waals surface area contributed by atoms with Crippen LogP contribution in [-0.2, 0) is 16.1 Å². The molecular formula is C15H18NO4-. The first-order valence-electron chi connectivity index (χ1n) is 6.72. The van der Waals surface area contributed by atoms with Gasteiger partial charge in [-0.25, -0.2) is 4.79 Å². The van der Waals surface area contributed by atoms with E-state index in [4.69, 9.17) is 4.74 Å². The number of rotatable bonds is 3. The van der Waals surface area contributed by atoms with Crippen LogP contribution in [0.25, 0.3) is 0 Å². The molecule has 2 rings (SSSR count). The van der Waals surface area contributed by atoms with E-state index in [1.807, 2.05) is 37.3 Å². The van der Waals surface area contributed by atoms with Crippen LogP contribution < -0.4 is 5.11 Å². The Morgan fingerprint density at radius 3 is 2.65 bits per heavy atom. The highest BCUT2D eigenvalue weighted by Crippen LogP contribution is 2.21. The Kier molecular flexibility index (Phi) is 4.61. The Morgan fingerprint density at radius 2 is 2.00 bits per heavy atom. The molecule has 5 heteroatoms. The molecule has 108 valence electrons.